The summed E-state index contributed by atoms with van der Waals surface area (Å²) in [6.07, 6.45) is 0. The monoisotopic (exact) mass is 662 g/mol. The van der Waals surface area contributed by atoms with Crippen LogP contribution in [0.3, 0.4) is 0 Å². The highest BCUT2D eigenvalue weighted by molar-refractivity contribution is 6.02. The van der Waals surface area contributed by atoms with Crippen LogP contribution in [0.5, 0.6) is 23.0 Å². The number of carboxylic acid groups (broad SMARTS) is 3. The summed E-state index contributed by atoms with van der Waals surface area (Å²) >= 11 is 0. The van der Waals surface area contributed by atoms with Crippen LogP contribution in [0.2, 0.25) is 0 Å². The van der Waals surface area contributed by atoms with Gasteiger partial charge in [-0.15, -0.1) is 0 Å². The second-order valence-corrected chi connectivity index (χ2v) is 10.1. The van der Waals surface area contributed by atoms with E-state index in [0.29, 0.717) is 0 Å². The number of rotatable bonds is 14. The highest BCUT2D eigenvalue weighted by Gasteiger charge is 2.23. The molecule has 0 atom stereocenters. The van der Waals surface area contributed by atoms with E-state index < -0.39 is 60.4 Å². The number of carbonyl (C=O) groups is 3. The van der Waals surface area contributed by atoms with Gasteiger partial charge in [-0.25, -0.2) is 8.78 Å². The Labute approximate surface area is 268 Å². The molecular formula is C33H22F2NO12-3. The first-order valence-corrected chi connectivity index (χ1v) is 14.0. The number of carbonyl (C=O) groups excluding carboxylic acids is 3. The fourth-order valence-electron chi connectivity index (χ4n) is 4.92. The minimum atomic E-state index is -1.62. The van der Waals surface area contributed by atoms with Crippen molar-refractivity contribution in [2.45, 2.75) is 0 Å². The Morgan fingerprint density at radius 2 is 1.42 bits per heavy atom. The van der Waals surface area contributed by atoms with Gasteiger partial charge in [-0.1, -0.05) is 18.2 Å². The zero-order chi connectivity index (χ0) is 34.5. The third kappa shape index (κ3) is 7.36. The fourth-order valence-corrected chi connectivity index (χ4v) is 4.92. The molecule has 1 aliphatic carbocycles. The minimum Gasteiger partial charge on any atom is -0.548 e. The van der Waals surface area contributed by atoms with E-state index in [4.69, 9.17) is 18.6 Å². The molecule has 2 aliphatic rings. The van der Waals surface area contributed by atoms with Crippen LogP contribution in [0.4, 0.5) is 14.5 Å². The Morgan fingerprint density at radius 3 is 2.06 bits per heavy atom. The molecule has 0 fully saturated rings. The number of phenols is 1. The van der Waals surface area contributed by atoms with Gasteiger partial charge in [0.2, 0.25) is 5.43 Å². The van der Waals surface area contributed by atoms with Crippen molar-refractivity contribution in [3.8, 4) is 45.4 Å². The van der Waals surface area contributed by atoms with E-state index in [9.17, 15) is 48.4 Å². The zero-order valence-electron chi connectivity index (χ0n) is 24.5. The maximum Gasteiger partial charge on any atom is 0.217 e. The SMILES string of the molecule is O=C([O-])COc1ccccc1OCCOc1cc(-c2c3cc(F)c(=O)cc-3oc3cc(O)c(F)cc23)ccc1N(CC(=O)[O-])CC(=O)[O-]. The number of para-hydroxylation sites is 2. The number of aromatic hydroxyl groups is 1. The molecule has 5 rings (SSSR count). The van der Waals surface area contributed by atoms with E-state index in [-0.39, 0.29) is 69.6 Å². The number of benzene rings is 4. The van der Waals surface area contributed by atoms with Gasteiger partial charge in [-0.05, 0) is 42.0 Å². The second-order valence-electron chi connectivity index (χ2n) is 10.1. The van der Waals surface area contributed by atoms with E-state index in [2.05, 4.69) is 0 Å². The van der Waals surface area contributed by atoms with E-state index in [1.54, 1.807) is 12.1 Å². The van der Waals surface area contributed by atoms with Crippen LogP contribution in [0.25, 0.3) is 33.4 Å². The van der Waals surface area contributed by atoms with Crippen LogP contribution in [0, 0.1) is 11.6 Å². The third-order valence-corrected chi connectivity index (χ3v) is 6.86. The minimum absolute atomic E-state index is 0.0289. The Kier molecular flexibility index (Phi) is 9.59. The standard InChI is InChI=1S/C33H25F2NO12/c34-20-10-18-27(12-23(20)37)48-28-13-24(38)21(35)11-19(28)33(18)17-5-6-22(36(14-30(39)40)15-31(41)42)29(9-17)46-8-7-45-25-3-1-2-4-26(25)47-16-32(43)44/h1-6,9-13,37H,7-8,14-16H2,(H,39,40)(H,41,42)(H,43,44)/p-3. The first-order chi connectivity index (χ1) is 22.9. The molecule has 0 aromatic heterocycles. The van der Waals surface area contributed by atoms with E-state index in [1.165, 1.54) is 30.3 Å². The zero-order valence-corrected chi connectivity index (χ0v) is 24.5. The first kappa shape index (κ1) is 33.0. The molecule has 3 aromatic rings. The Hall–Kier alpha value is -6.38. The molecule has 3 aromatic carbocycles. The average Bonchev–Trinajstić information content (AvgIpc) is 3.02. The molecule has 0 spiro atoms. The number of ether oxygens (including phenoxy) is 3. The molecule has 1 N–H and O–H groups in total. The van der Waals surface area contributed by atoms with Crippen molar-refractivity contribution in [1.29, 1.82) is 0 Å². The molecule has 48 heavy (non-hydrogen) atoms. The predicted molar refractivity (Wildman–Crippen MR) is 156 cm³/mol. The highest BCUT2D eigenvalue weighted by atomic mass is 19.1. The predicted octanol–water partition coefficient (Wildman–Crippen LogP) is 0.441. The number of carboxylic acids is 3. The number of hydrogen-bond donors (Lipinski definition) is 1. The highest BCUT2D eigenvalue weighted by Crippen LogP contribution is 2.44. The lowest BCUT2D eigenvalue weighted by Gasteiger charge is -2.28. The van der Waals surface area contributed by atoms with E-state index >= 15 is 0 Å². The molecule has 13 nitrogen and oxygen atoms in total. The summed E-state index contributed by atoms with van der Waals surface area (Å²) < 4.78 is 51.6. The van der Waals surface area contributed by atoms with Gasteiger partial charge in [0.05, 0.1) is 36.7 Å². The number of phenolic OH excluding ortho intramolecular Hbond substituents is 1. The second kappa shape index (κ2) is 13.9. The Bertz CT molecular complexity index is 2050. The van der Waals surface area contributed by atoms with Crippen molar-refractivity contribution in [3.63, 3.8) is 0 Å². The van der Waals surface area contributed by atoms with Gasteiger partial charge in [0.15, 0.2) is 28.9 Å². The summed E-state index contributed by atoms with van der Waals surface area (Å²) in [5.41, 5.74) is -0.753. The molecule has 0 saturated carbocycles. The van der Waals surface area contributed by atoms with Crippen LogP contribution in [0.15, 0.2) is 75.9 Å². The summed E-state index contributed by atoms with van der Waals surface area (Å²) in [4.78, 5) is 46.8. The topological polar surface area (TPSA) is 202 Å². The van der Waals surface area contributed by atoms with Crippen LogP contribution in [0.1, 0.15) is 0 Å². The molecule has 0 amide bonds. The third-order valence-electron chi connectivity index (χ3n) is 6.86. The summed E-state index contributed by atoms with van der Waals surface area (Å²) in [7, 11) is 0. The van der Waals surface area contributed by atoms with Gasteiger partial charge in [0, 0.05) is 28.6 Å². The number of hydrogen-bond acceptors (Lipinski definition) is 13. The first-order valence-electron chi connectivity index (χ1n) is 14.0. The van der Waals surface area contributed by atoms with Crippen LogP contribution in [-0.2, 0) is 14.4 Å². The van der Waals surface area contributed by atoms with Crippen molar-refractivity contribution in [3.05, 3.63) is 88.6 Å². The molecule has 1 heterocycles. The number of anilines is 1. The van der Waals surface area contributed by atoms with Crippen molar-refractivity contribution in [2.24, 2.45) is 0 Å². The van der Waals surface area contributed by atoms with Gasteiger partial charge < -0.3 is 58.3 Å². The summed E-state index contributed by atoms with van der Waals surface area (Å²) in [6.45, 7) is -2.95. The molecule has 248 valence electrons. The molecule has 0 radical (unpaired) electrons. The average molecular weight is 663 g/mol. The van der Waals surface area contributed by atoms with Gasteiger partial charge in [0.1, 0.15) is 36.9 Å². The lowest BCUT2D eigenvalue weighted by Crippen LogP contribution is -2.44. The largest absolute Gasteiger partial charge is 0.548 e. The normalized spacial score (nSPS) is 11.0. The number of halogens is 2. The number of fused-ring (bicyclic) bond motifs is 2. The van der Waals surface area contributed by atoms with Crippen LogP contribution < -0.4 is 39.9 Å². The lowest BCUT2D eigenvalue weighted by atomic mass is 9.93. The molecule has 15 heteroatoms. The molecule has 1 aliphatic heterocycles. The van der Waals surface area contributed by atoms with Gasteiger partial charge >= 0.3 is 0 Å². The smallest absolute Gasteiger partial charge is 0.217 e. The maximum atomic E-state index is 14.6. The van der Waals surface area contributed by atoms with Crippen molar-refractivity contribution < 1.29 is 62.2 Å². The maximum absolute atomic E-state index is 14.6. The Morgan fingerprint density at radius 1 is 0.771 bits per heavy atom. The van der Waals surface area contributed by atoms with Crippen molar-refractivity contribution in [2.75, 3.05) is 37.8 Å². The summed E-state index contributed by atoms with van der Waals surface area (Å²) in [5, 5.41) is 43.9. The van der Waals surface area contributed by atoms with Crippen LogP contribution in [-0.4, -0.2) is 55.9 Å². The summed E-state index contributed by atoms with van der Waals surface area (Å²) in [5.74, 6) is -7.60. The fraction of sp³-hybridized carbons (Fsp3) is 0.152. The van der Waals surface area contributed by atoms with Crippen LogP contribution >= 0.6 is 0 Å². The molecule has 0 bridgehead atoms. The van der Waals surface area contributed by atoms with Gasteiger partial charge in [-0.2, -0.15) is 0 Å². The lowest BCUT2D eigenvalue weighted by molar-refractivity contribution is -0.308. The van der Waals surface area contributed by atoms with Crippen molar-refractivity contribution in [1.82, 2.24) is 0 Å². The number of aliphatic carboxylic acids is 3. The molecule has 0 unspecified atom stereocenters. The van der Waals surface area contributed by atoms with Crippen molar-refractivity contribution >= 4 is 34.6 Å². The van der Waals surface area contributed by atoms with E-state index in [0.717, 1.165) is 29.2 Å². The number of nitrogens with zero attached hydrogens (tertiary/aromatic N) is 1. The molecular weight excluding hydrogens is 640 g/mol. The van der Waals surface area contributed by atoms with Gasteiger partial charge in [-0.3, -0.25) is 4.79 Å². The Balaban J connectivity index is 1.58. The molecule has 0 saturated heterocycles. The quantitative estimate of drug-likeness (QED) is 0.127. The summed E-state index contributed by atoms with van der Waals surface area (Å²) in [6, 6.07) is 13.9. The van der Waals surface area contributed by atoms with E-state index in [1.807, 2.05) is 0 Å². The van der Waals surface area contributed by atoms with Gasteiger partial charge in [0.25, 0.3) is 0 Å².